The van der Waals surface area contributed by atoms with Crippen LogP contribution in [0.2, 0.25) is 0 Å². The van der Waals surface area contributed by atoms with Crippen molar-refractivity contribution in [3.63, 3.8) is 0 Å². The standard InChI is InChI=1S/C26H19NO4/c28-24-22-18-5-6-19(13-18)23(22)25(29)27(24)20-10-7-16(8-11-20)26(30)31-21-12-9-15-3-1-2-4-17(15)14-21/h1-12,14,18-19,22-23H,13H2/t18-,19-,22-,23+/m0/s1. The zero-order chi connectivity index (χ0) is 21.1. The molecule has 6 rings (SSSR count). The van der Waals surface area contributed by atoms with Gasteiger partial charge in [0, 0.05) is 0 Å². The number of nitrogens with zero attached hydrogens (tertiary/aromatic N) is 1. The van der Waals surface area contributed by atoms with Gasteiger partial charge in [-0.2, -0.15) is 0 Å². The summed E-state index contributed by atoms with van der Waals surface area (Å²) in [5.41, 5.74) is 0.865. The fourth-order valence-electron chi connectivity index (χ4n) is 5.30. The third-order valence-electron chi connectivity index (χ3n) is 6.76. The van der Waals surface area contributed by atoms with Gasteiger partial charge < -0.3 is 4.74 Å². The van der Waals surface area contributed by atoms with E-state index < -0.39 is 5.97 Å². The summed E-state index contributed by atoms with van der Waals surface area (Å²) in [5.74, 6) is -0.398. The lowest BCUT2D eigenvalue weighted by molar-refractivity contribution is -0.123. The van der Waals surface area contributed by atoms with E-state index in [-0.39, 0.29) is 35.5 Å². The molecule has 0 aromatic heterocycles. The average Bonchev–Trinajstić information content (AvgIpc) is 3.47. The summed E-state index contributed by atoms with van der Waals surface area (Å²) in [5, 5.41) is 2.06. The van der Waals surface area contributed by atoms with E-state index in [1.807, 2.05) is 36.4 Å². The lowest BCUT2D eigenvalue weighted by Crippen LogP contribution is -2.32. The number of fused-ring (bicyclic) bond motifs is 6. The molecule has 5 heteroatoms. The Morgan fingerprint density at radius 3 is 2.13 bits per heavy atom. The van der Waals surface area contributed by atoms with Gasteiger partial charge in [0.1, 0.15) is 5.75 Å². The number of ether oxygens (including phenoxy) is 1. The van der Waals surface area contributed by atoms with E-state index >= 15 is 0 Å². The van der Waals surface area contributed by atoms with Crippen molar-refractivity contribution in [2.24, 2.45) is 23.7 Å². The molecule has 1 saturated carbocycles. The van der Waals surface area contributed by atoms with E-state index in [2.05, 4.69) is 12.2 Å². The van der Waals surface area contributed by atoms with E-state index in [1.165, 1.54) is 4.90 Å². The van der Waals surface area contributed by atoms with Crippen molar-refractivity contribution in [2.75, 3.05) is 4.90 Å². The molecule has 31 heavy (non-hydrogen) atoms. The SMILES string of the molecule is O=C(Oc1ccc2ccccc2c1)c1ccc(N2C(=O)[C@@H]3[C@H](C2=O)[C@H]2C=C[C@H]3C2)cc1. The molecule has 5 nitrogen and oxygen atoms in total. The summed E-state index contributed by atoms with van der Waals surface area (Å²) in [7, 11) is 0. The summed E-state index contributed by atoms with van der Waals surface area (Å²) in [4.78, 5) is 39.7. The molecule has 2 fully saturated rings. The molecular weight excluding hydrogens is 390 g/mol. The van der Waals surface area contributed by atoms with Gasteiger partial charge in [0.2, 0.25) is 11.8 Å². The van der Waals surface area contributed by atoms with E-state index in [0.717, 1.165) is 17.2 Å². The van der Waals surface area contributed by atoms with Crippen molar-refractivity contribution in [3.8, 4) is 5.75 Å². The number of hydrogen-bond acceptors (Lipinski definition) is 4. The van der Waals surface area contributed by atoms with Crippen LogP contribution in [0, 0.1) is 23.7 Å². The van der Waals surface area contributed by atoms with Crippen molar-refractivity contribution in [3.05, 3.63) is 84.4 Å². The summed E-state index contributed by atoms with van der Waals surface area (Å²) in [6.07, 6.45) is 5.05. The average molecular weight is 409 g/mol. The predicted octanol–water partition coefficient (Wildman–Crippen LogP) is 4.37. The lowest BCUT2D eigenvalue weighted by Gasteiger charge is -2.17. The Bertz CT molecular complexity index is 1250. The first kappa shape index (κ1) is 18.1. The Labute approximate surface area is 178 Å². The van der Waals surface area contributed by atoms with Gasteiger partial charge in [-0.15, -0.1) is 0 Å². The molecule has 3 aromatic carbocycles. The Balaban J connectivity index is 1.21. The number of esters is 1. The molecular formula is C26H19NO4. The molecule has 2 amide bonds. The monoisotopic (exact) mass is 409 g/mol. The van der Waals surface area contributed by atoms with Crippen LogP contribution in [-0.2, 0) is 9.59 Å². The summed E-state index contributed by atoms with van der Waals surface area (Å²) in [6.45, 7) is 0. The molecule has 2 aliphatic carbocycles. The first-order valence-electron chi connectivity index (χ1n) is 10.5. The molecule has 0 spiro atoms. The number of anilines is 1. The van der Waals surface area contributed by atoms with Gasteiger partial charge >= 0.3 is 5.97 Å². The minimum Gasteiger partial charge on any atom is -0.423 e. The second-order valence-corrected chi connectivity index (χ2v) is 8.46. The number of carbonyl (C=O) groups is 3. The molecule has 152 valence electrons. The molecule has 1 heterocycles. The zero-order valence-electron chi connectivity index (χ0n) is 16.6. The zero-order valence-corrected chi connectivity index (χ0v) is 16.6. The third-order valence-corrected chi connectivity index (χ3v) is 6.76. The lowest BCUT2D eigenvalue weighted by atomic mass is 9.85. The van der Waals surface area contributed by atoms with Crippen LogP contribution >= 0.6 is 0 Å². The van der Waals surface area contributed by atoms with Crippen LogP contribution in [0.1, 0.15) is 16.8 Å². The summed E-state index contributed by atoms with van der Waals surface area (Å²) < 4.78 is 5.52. The van der Waals surface area contributed by atoms with Crippen LogP contribution in [0.25, 0.3) is 10.8 Å². The van der Waals surface area contributed by atoms with Crippen LogP contribution in [0.15, 0.2) is 78.9 Å². The number of imide groups is 1. The predicted molar refractivity (Wildman–Crippen MR) is 116 cm³/mol. The van der Waals surface area contributed by atoms with Crippen LogP contribution in [0.4, 0.5) is 5.69 Å². The maximum atomic E-state index is 12.9. The van der Waals surface area contributed by atoms with E-state index in [9.17, 15) is 14.4 Å². The summed E-state index contributed by atoms with van der Waals surface area (Å²) >= 11 is 0. The number of amides is 2. The van der Waals surface area contributed by atoms with Gasteiger partial charge in [-0.05, 0) is 65.4 Å². The van der Waals surface area contributed by atoms with Crippen LogP contribution in [0.5, 0.6) is 5.75 Å². The molecule has 0 N–H and O–H groups in total. The largest absolute Gasteiger partial charge is 0.423 e. The number of allylic oxidation sites excluding steroid dienone is 2. The van der Waals surface area contributed by atoms with Crippen molar-refractivity contribution in [1.82, 2.24) is 0 Å². The highest BCUT2D eigenvalue weighted by atomic mass is 16.5. The smallest absolute Gasteiger partial charge is 0.343 e. The minimum atomic E-state index is -0.486. The van der Waals surface area contributed by atoms with E-state index in [4.69, 9.17) is 4.74 Å². The van der Waals surface area contributed by atoms with Crippen LogP contribution in [-0.4, -0.2) is 17.8 Å². The molecule has 1 aliphatic heterocycles. The van der Waals surface area contributed by atoms with Gasteiger partial charge in [-0.25, -0.2) is 4.79 Å². The van der Waals surface area contributed by atoms with E-state index in [0.29, 0.717) is 17.0 Å². The second kappa shape index (κ2) is 6.64. The molecule has 3 aliphatic rings. The molecule has 2 bridgehead atoms. The Kier molecular flexibility index (Phi) is 3.87. The van der Waals surface area contributed by atoms with Gasteiger partial charge in [0.15, 0.2) is 0 Å². The Morgan fingerprint density at radius 2 is 1.45 bits per heavy atom. The van der Waals surface area contributed by atoms with Gasteiger partial charge in [-0.3, -0.25) is 14.5 Å². The van der Waals surface area contributed by atoms with Gasteiger partial charge in [0.25, 0.3) is 0 Å². The Hall–Kier alpha value is -3.73. The minimum absolute atomic E-state index is 0.127. The highest BCUT2D eigenvalue weighted by Crippen LogP contribution is 2.53. The molecule has 0 unspecified atom stereocenters. The molecule has 1 saturated heterocycles. The summed E-state index contributed by atoms with van der Waals surface area (Å²) in [6, 6.07) is 19.8. The maximum absolute atomic E-state index is 12.9. The Morgan fingerprint density at radius 1 is 0.806 bits per heavy atom. The quantitative estimate of drug-likeness (QED) is 0.279. The van der Waals surface area contributed by atoms with Crippen molar-refractivity contribution >= 4 is 34.2 Å². The van der Waals surface area contributed by atoms with Crippen molar-refractivity contribution < 1.29 is 19.1 Å². The highest BCUT2D eigenvalue weighted by Gasteiger charge is 2.59. The second-order valence-electron chi connectivity index (χ2n) is 8.46. The molecule has 3 aromatic rings. The molecule has 0 radical (unpaired) electrons. The van der Waals surface area contributed by atoms with Crippen molar-refractivity contribution in [1.29, 1.82) is 0 Å². The van der Waals surface area contributed by atoms with Gasteiger partial charge in [0.05, 0.1) is 23.1 Å². The topological polar surface area (TPSA) is 63.7 Å². The fraction of sp³-hybridized carbons (Fsp3) is 0.192. The number of benzene rings is 3. The van der Waals surface area contributed by atoms with E-state index in [1.54, 1.807) is 30.3 Å². The third kappa shape index (κ3) is 2.73. The molecule has 4 atom stereocenters. The van der Waals surface area contributed by atoms with Crippen LogP contribution in [0.3, 0.4) is 0 Å². The van der Waals surface area contributed by atoms with Crippen LogP contribution < -0.4 is 9.64 Å². The maximum Gasteiger partial charge on any atom is 0.343 e. The fourth-order valence-corrected chi connectivity index (χ4v) is 5.30. The van der Waals surface area contributed by atoms with Gasteiger partial charge in [-0.1, -0.05) is 42.5 Å². The van der Waals surface area contributed by atoms with Crippen molar-refractivity contribution in [2.45, 2.75) is 6.42 Å². The number of rotatable bonds is 3. The first-order valence-corrected chi connectivity index (χ1v) is 10.5. The number of hydrogen-bond donors (Lipinski definition) is 0. The number of carbonyl (C=O) groups excluding carboxylic acids is 3. The normalized spacial score (nSPS) is 26.0. The first-order chi connectivity index (χ1) is 15.1. The highest BCUT2D eigenvalue weighted by molar-refractivity contribution is 6.22.